The normalized spacial score (nSPS) is 11.6. The molecule has 0 saturated carbocycles. The lowest BCUT2D eigenvalue weighted by Gasteiger charge is -1.97. The molecule has 0 aliphatic rings. The minimum atomic E-state index is 0.958. The minimum Gasteiger partial charge on any atom is -0.264 e. The van der Waals surface area contributed by atoms with Crippen molar-refractivity contribution >= 4 is 22.9 Å². The standard InChI is InChI=1S/C18H14N2/c1(6-15-7-5-11-19-13-15)4-10-18-12-16-8-2-3-9-17(16)14-20-18/h1-14H/b6-1+,10-4+. The Balaban J connectivity index is 1.76. The van der Waals surface area contributed by atoms with Gasteiger partial charge in [-0.05, 0) is 29.2 Å². The average Bonchev–Trinajstić information content (AvgIpc) is 2.52. The Labute approximate surface area is 118 Å². The Morgan fingerprint density at radius 1 is 0.800 bits per heavy atom. The van der Waals surface area contributed by atoms with Crippen LogP contribution >= 0.6 is 0 Å². The zero-order valence-electron chi connectivity index (χ0n) is 11.0. The van der Waals surface area contributed by atoms with Crippen LogP contribution in [0.4, 0.5) is 0 Å². The summed E-state index contributed by atoms with van der Waals surface area (Å²) in [7, 11) is 0. The van der Waals surface area contributed by atoms with E-state index < -0.39 is 0 Å². The molecule has 0 unspecified atom stereocenters. The van der Waals surface area contributed by atoms with Gasteiger partial charge in [-0.3, -0.25) is 9.97 Å². The van der Waals surface area contributed by atoms with E-state index in [-0.39, 0.29) is 0 Å². The number of pyridine rings is 2. The maximum atomic E-state index is 4.42. The number of rotatable bonds is 3. The Morgan fingerprint density at radius 3 is 2.50 bits per heavy atom. The van der Waals surface area contributed by atoms with Crippen LogP contribution in [-0.4, -0.2) is 9.97 Å². The van der Waals surface area contributed by atoms with Gasteiger partial charge in [0.2, 0.25) is 0 Å². The van der Waals surface area contributed by atoms with Crippen molar-refractivity contribution in [3.8, 4) is 0 Å². The van der Waals surface area contributed by atoms with Crippen LogP contribution in [-0.2, 0) is 0 Å². The second kappa shape index (κ2) is 5.93. The summed E-state index contributed by atoms with van der Waals surface area (Å²) < 4.78 is 0. The van der Waals surface area contributed by atoms with Crippen LogP contribution in [0, 0.1) is 0 Å². The van der Waals surface area contributed by atoms with Crippen LogP contribution in [0.2, 0.25) is 0 Å². The fourth-order valence-electron chi connectivity index (χ4n) is 1.99. The predicted octanol–water partition coefficient (Wildman–Crippen LogP) is 4.36. The quantitative estimate of drug-likeness (QED) is 0.652. The second-order valence-corrected chi connectivity index (χ2v) is 4.46. The molecule has 2 heterocycles. The van der Waals surface area contributed by atoms with Crippen molar-refractivity contribution in [3.05, 3.63) is 84.5 Å². The summed E-state index contributed by atoms with van der Waals surface area (Å²) in [6.45, 7) is 0. The lowest BCUT2D eigenvalue weighted by atomic mass is 10.1. The third-order valence-electron chi connectivity index (χ3n) is 3.00. The smallest absolute Gasteiger partial charge is 0.0636 e. The molecular weight excluding hydrogens is 244 g/mol. The molecule has 0 bridgehead atoms. The molecule has 2 aromatic heterocycles. The number of hydrogen-bond donors (Lipinski definition) is 0. The van der Waals surface area contributed by atoms with Crippen LogP contribution < -0.4 is 0 Å². The number of allylic oxidation sites excluding steroid dienone is 2. The van der Waals surface area contributed by atoms with Gasteiger partial charge in [0, 0.05) is 24.0 Å². The van der Waals surface area contributed by atoms with Crippen LogP contribution in [0.15, 0.2) is 73.2 Å². The lowest BCUT2D eigenvalue weighted by Crippen LogP contribution is -1.80. The summed E-state index contributed by atoms with van der Waals surface area (Å²) >= 11 is 0. The third kappa shape index (κ3) is 2.98. The number of fused-ring (bicyclic) bond motifs is 1. The molecule has 2 heteroatoms. The molecule has 0 aliphatic carbocycles. The largest absolute Gasteiger partial charge is 0.264 e. The van der Waals surface area contributed by atoms with Crippen molar-refractivity contribution in [1.82, 2.24) is 9.97 Å². The number of hydrogen-bond acceptors (Lipinski definition) is 2. The monoisotopic (exact) mass is 258 g/mol. The highest BCUT2D eigenvalue weighted by molar-refractivity contribution is 5.83. The molecule has 0 saturated heterocycles. The molecule has 20 heavy (non-hydrogen) atoms. The number of aromatic nitrogens is 2. The van der Waals surface area contributed by atoms with Crippen molar-refractivity contribution in [2.75, 3.05) is 0 Å². The SMILES string of the molecule is C(/C=C/c1cc2ccccc2cn1)=C\c1cccnc1. The first kappa shape index (κ1) is 12.3. The molecular formula is C18H14N2. The van der Waals surface area contributed by atoms with E-state index in [1.54, 1.807) is 6.20 Å². The predicted molar refractivity (Wildman–Crippen MR) is 84.0 cm³/mol. The molecule has 3 aromatic rings. The van der Waals surface area contributed by atoms with Gasteiger partial charge in [-0.25, -0.2) is 0 Å². The highest BCUT2D eigenvalue weighted by atomic mass is 14.7. The molecule has 0 N–H and O–H groups in total. The maximum absolute atomic E-state index is 4.42. The summed E-state index contributed by atoms with van der Waals surface area (Å²) in [6, 6.07) is 14.3. The summed E-state index contributed by atoms with van der Waals surface area (Å²) in [5.74, 6) is 0. The fourth-order valence-corrected chi connectivity index (χ4v) is 1.99. The molecule has 0 fully saturated rings. The van der Waals surface area contributed by atoms with Gasteiger partial charge in [-0.15, -0.1) is 0 Å². The van der Waals surface area contributed by atoms with Gasteiger partial charge >= 0.3 is 0 Å². The minimum absolute atomic E-state index is 0.958. The molecule has 0 atom stereocenters. The van der Waals surface area contributed by atoms with Gasteiger partial charge in [0.1, 0.15) is 0 Å². The van der Waals surface area contributed by atoms with Crippen molar-refractivity contribution in [1.29, 1.82) is 0 Å². The maximum Gasteiger partial charge on any atom is 0.0636 e. The number of nitrogens with zero attached hydrogens (tertiary/aromatic N) is 2. The van der Waals surface area contributed by atoms with Crippen LogP contribution in [0.25, 0.3) is 22.9 Å². The zero-order valence-corrected chi connectivity index (χ0v) is 11.0. The van der Waals surface area contributed by atoms with Crippen molar-refractivity contribution in [2.24, 2.45) is 0 Å². The summed E-state index contributed by atoms with van der Waals surface area (Å²) in [6.07, 6.45) is 13.5. The van der Waals surface area contributed by atoms with Gasteiger partial charge in [-0.2, -0.15) is 0 Å². The first-order valence-electron chi connectivity index (χ1n) is 6.51. The lowest BCUT2D eigenvalue weighted by molar-refractivity contribution is 1.32. The number of benzene rings is 1. The Morgan fingerprint density at radius 2 is 1.65 bits per heavy atom. The van der Waals surface area contributed by atoms with Gasteiger partial charge in [-0.1, -0.05) is 48.6 Å². The summed E-state index contributed by atoms with van der Waals surface area (Å²) in [4.78, 5) is 8.49. The van der Waals surface area contributed by atoms with E-state index >= 15 is 0 Å². The Hall–Kier alpha value is -2.74. The second-order valence-electron chi connectivity index (χ2n) is 4.46. The molecule has 3 rings (SSSR count). The van der Waals surface area contributed by atoms with E-state index in [2.05, 4.69) is 28.2 Å². The fraction of sp³-hybridized carbons (Fsp3) is 0. The van der Waals surface area contributed by atoms with E-state index in [0.29, 0.717) is 0 Å². The third-order valence-corrected chi connectivity index (χ3v) is 3.00. The van der Waals surface area contributed by atoms with Crippen molar-refractivity contribution in [3.63, 3.8) is 0 Å². The average molecular weight is 258 g/mol. The first-order valence-corrected chi connectivity index (χ1v) is 6.51. The molecule has 96 valence electrons. The first-order chi connectivity index (χ1) is 9.92. The van der Waals surface area contributed by atoms with Crippen LogP contribution in [0.3, 0.4) is 0 Å². The highest BCUT2D eigenvalue weighted by Crippen LogP contribution is 2.14. The van der Waals surface area contributed by atoms with E-state index in [1.807, 2.05) is 61.0 Å². The molecule has 0 amide bonds. The van der Waals surface area contributed by atoms with Crippen LogP contribution in [0.1, 0.15) is 11.3 Å². The van der Waals surface area contributed by atoms with E-state index in [0.717, 1.165) is 16.6 Å². The van der Waals surface area contributed by atoms with E-state index in [1.165, 1.54) is 5.39 Å². The van der Waals surface area contributed by atoms with Gasteiger partial charge < -0.3 is 0 Å². The topological polar surface area (TPSA) is 25.8 Å². The summed E-state index contributed by atoms with van der Waals surface area (Å²) in [5, 5.41) is 2.37. The van der Waals surface area contributed by atoms with E-state index in [4.69, 9.17) is 0 Å². The molecule has 0 radical (unpaired) electrons. The summed E-state index contributed by atoms with van der Waals surface area (Å²) in [5.41, 5.74) is 2.04. The molecule has 0 aliphatic heterocycles. The van der Waals surface area contributed by atoms with Crippen molar-refractivity contribution < 1.29 is 0 Å². The molecule has 1 aromatic carbocycles. The molecule has 2 nitrogen and oxygen atoms in total. The van der Waals surface area contributed by atoms with Gasteiger partial charge in [0.15, 0.2) is 0 Å². The Bertz CT molecular complexity index is 758. The zero-order chi connectivity index (χ0) is 13.6. The van der Waals surface area contributed by atoms with Gasteiger partial charge in [0.05, 0.1) is 5.69 Å². The Kier molecular flexibility index (Phi) is 3.65. The molecule has 0 spiro atoms. The van der Waals surface area contributed by atoms with Crippen molar-refractivity contribution in [2.45, 2.75) is 0 Å². The van der Waals surface area contributed by atoms with Gasteiger partial charge in [0.25, 0.3) is 0 Å². The highest BCUT2D eigenvalue weighted by Gasteiger charge is 1.93. The van der Waals surface area contributed by atoms with Crippen LogP contribution in [0.5, 0.6) is 0 Å². The van der Waals surface area contributed by atoms with E-state index in [9.17, 15) is 0 Å².